The van der Waals surface area contributed by atoms with Crippen molar-refractivity contribution in [1.29, 1.82) is 0 Å². The highest BCUT2D eigenvalue weighted by atomic mass is 19.1. The largest absolute Gasteiger partial charge is 0.480 e. The molecule has 0 saturated heterocycles. The zero-order valence-electron chi connectivity index (χ0n) is 10.9. The Labute approximate surface area is 114 Å². The third kappa shape index (κ3) is 4.68. The van der Waals surface area contributed by atoms with Gasteiger partial charge in [-0.3, -0.25) is 9.59 Å². The molecule has 1 aromatic carbocycles. The van der Waals surface area contributed by atoms with Crippen LogP contribution < -0.4 is 11.1 Å². The molecule has 7 heteroatoms. The van der Waals surface area contributed by atoms with Gasteiger partial charge in [0, 0.05) is 12.0 Å². The monoisotopic (exact) mass is 282 g/mol. The number of carbonyl (C=O) groups is 3. The normalized spacial score (nSPS) is 11.7. The van der Waals surface area contributed by atoms with Crippen molar-refractivity contribution in [2.75, 3.05) is 0 Å². The highest BCUT2D eigenvalue weighted by Gasteiger charge is 2.21. The van der Waals surface area contributed by atoms with Crippen molar-refractivity contribution in [3.05, 3.63) is 35.1 Å². The van der Waals surface area contributed by atoms with E-state index in [4.69, 9.17) is 10.8 Å². The molecular formula is C13H15FN2O4. The number of rotatable bonds is 6. The van der Waals surface area contributed by atoms with Crippen molar-refractivity contribution in [1.82, 2.24) is 5.32 Å². The standard InChI is InChI=1S/C13H15FN2O4/c1-7-4-8(6-9(14)5-7)12(18)16-10(13(19)20)2-3-11(15)17/h4-6,10H,2-3H2,1H3,(H2,15,17)(H,16,18)(H,19,20)/t10-/m1/s1. The first kappa shape index (κ1) is 15.6. The number of aliphatic carboxylic acids is 1. The van der Waals surface area contributed by atoms with E-state index in [0.717, 1.165) is 6.07 Å². The summed E-state index contributed by atoms with van der Waals surface area (Å²) in [6.07, 6.45) is -0.288. The number of halogens is 1. The number of nitrogens with one attached hydrogen (secondary N) is 1. The maximum Gasteiger partial charge on any atom is 0.326 e. The smallest absolute Gasteiger partial charge is 0.326 e. The molecule has 0 radical (unpaired) electrons. The Morgan fingerprint density at radius 1 is 1.35 bits per heavy atom. The first-order chi connectivity index (χ1) is 9.29. The number of nitrogens with two attached hydrogens (primary N) is 1. The van der Waals surface area contributed by atoms with Crippen LogP contribution in [-0.2, 0) is 9.59 Å². The number of aryl methyl sites for hydroxylation is 1. The average Bonchev–Trinajstić information content (AvgIpc) is 2.32. The highest BCUT2D eigenvalue weighted by molar-refractivity contribution is 5.96. The van der Waals surface area contributed by atoms with Crippen LogP contribution >= 0.6 is 0 Å². The second kappa shape index (κ2) is 6.65. The van der Waals surface area contributed by atoms with Gasteiger partial charge in [0.1, 0.15) is 11.9 Å². The van der Waals surface area contributed by atoms with Crippen molar-refractivity contribution < 1.29 is 23.9 Å². The SMILES string of the molecule is Cc1cc(F)cc(C(=O)N[C@H](CCC(N)=O)C(=O)O)c1. The number of primary amides is 1. The van der Waals surface area contributed by atoms with Gasteiger partial charge in [0.15, 0.2) is 0 Å². The van der Waals surface area contributed by atoms with Gasteiger partial charge in [-0.15, -0.1) is 0 Å². The van der Waals surface area contributed by atoms with Gasteiger partial charge in [-0.1, -0.05) is 0 Å². The third-order valence-electron chi connectivity index (χ3n) is 2.59. The Bertz CT molecular complexity index is 525. The number of hydrogen-bond donors (Lipinski definition) is 3. The fourth-order valence-corrected chi connectivity index (χ4v) is 1.65. The Morgan fingerprint density at radius 3 is 2.50 bits per heavy atom. The van der Waals surface area contributed by atoms with Crippen molar-refractivity contribution in [3.8, 4) is 0 Å². The lowest BCUT2D eigenvalue weighted by atomic mass is 10.1. The van der Waals surface area contributed by atoms with Gasteiger partial charge in [-0.25, -0.2) is 9.18 Å². The molecule has 1 atom stereocenters. The zero-order chi connectivity index (χ0) is 15.3. The van der Waals surface area contributed by atoms with Gasteiger partial charge < -0.3 is 16.2 Å². The molecule has 108 valence electrons. The summed E-state index contributed by atoms with van der Waals surface area (Å²) >= 11 is 0. The summed E-state index contributed by atoms with van der Waals surface area (Å²) in [6.45, 7) is 1.61. The number of carbonyl (C=O) groups excluding carboxylic acids is 2. The van der Waals surface area contributed by atoms with Crippen LogP contribution in [0.25, 0.3) is 0 Å². The minimum absolute atomic E-state index is 0.0211. The summed E-state index contributed by atoms with van der Waals surface area (Å²) in [7, 11) is 0. The number of amides is 2. The predicted octanol–water partition coefficient (Wildman–Crippen LogP) is 0.583. The molecule has 2 amide bonds. The lowest BCUT2D eigenvalue weighted by Crippen LogP contribution is -2.41. The lowest BCUT2D eigenvalue weighted by Gasteiger charge is -2.14. The van der Waals surface area contributed by atoms with Gasteiger partial charge >= 0.3 is 5.97 Å². The number of hydrogen-bond acceptors (Lipinski definition) is 3. The van der Waals surface area contributed by atoms with Crippen molar-refractivity contribution in [2.24, 2.45) is 5.73 Å². The minimum Gasteiger partial charge on any atom is -0.480 e. The topological polar surface area (TPSA) is 109 Å². The maximum atomic E-state index is 13.2. The summed E-state index contributed by atoms with van der Waals surface area (Å²) in [5, 5.41) is 11.2. The van der Waals surface area contributed by atoms with E-state index >= 15 is 0 Å². The number of benzene rings is 1. The minimum atomic E-state index is -1.28. The highest BCUT2D eigenvalue weighted by Crippen LogP contribution is 2.09. The maximum absolute atomic E-state index is 13.2. The second-order valence-electron chi connectivity index (χ2n) is 4.39. The first-order valence-electron chi connectivity index (χ1n) is 5.88. The van der Waals surface area contributed by atoms with Crippen molar-refractivity contribution in [2.45, 2.75) is 25.8 Å². The van der Waals surface area contributed by atoms with E-state index < -0.39 is 29.6 Å². The molecule has 0 fully saturated rings. The van der Waals surface area contributed by atoms with Crippen LogP contribution in [0.4, 0.5) is 4.39 Å². The fourth-order valence-electron chi connectivity index (χ4n) is 1.65. The first-order valence-corrected chi connectivity index (χ1v) is 5.88. The van der Waals surface area contributed by atoms with Crippen LogP contribution in [0.15, 0.2) is 18.2 Å². The number of carboxylic acid groups (broad SMARTS) is 1. The number of carboxylic acids is 1. The summed E-state index contributed by atoms with van der Waals surface area (Å²) in [5.41, 5.74) is 5.49. The molecule has 0 unspecified atom stereocenters. The molecular weight excluding hydrogens is 267 g/mol. The summed E-state index contributed by atoms with van der Waals surface area (Å²) in [5.74, 6) is -3.25. The van der Waals surface area contributed by atoms with Crippen LogP contribution in [-0.4, -0.2) is 28.9 Å². The van der Waals surface area contributed by atoms with E-state index in [1.807, 2.05) is 0 Å². The van der Waals surface area contributed by atoms with Crippen molar-refractivity contribution >= 4 is 17.8 Å². The quantitative estimate of drug-likeness (QED) is 0.709. The molecule has 0 saturated carbocycles. The van der Waals surface area contributed by atoms with Gasteiger partial charge in [-0.2, -0.15) is 0 Å². The van der Waals surface area contributed by atoms with E-state index in [1.54, 1.807) is 6.92 Å². The Kier molecular flexibility index (Phi) is 5.19. The van der Waals surface area contributed by atoms with E-state index in [9.17, 15) is 18.8 Å². The average molecular weight is 282 g/mol. The van der Waals surface area contributed by atoms with Crippen molar-refractivity contribution in [3.63, 3.8) is 0 Å². The van der Waals surface area contributed by atoms with Gasteiger partial charge in [0.2, 0.25) is 5.91 Å². The van der Waals surface area contributed by atoms with Crippen LogP contribution in [0, 0.1) is 12.7 Å². The molecule has 0 aliphatic heterocycles. The molecule has 0 spiro atoms. The van der Waals surface area contributed by atoms with Gasteiger partial charge in [0.05, 0.1) is 0 Å². The summed E-state index contributed by atoms with van der Waals surface area (Å²) in [4.78, 5) is 33.5. The van der Waals surface area contributed by atoms with Crippen LogP contribution in [0.1, 0.15) is 28.8 Å². The van der Waals surface area contributed by atoms with Crippen LogP contribution in [0.2, 0.25) is 0 Å². The molecule has 0 aliphatic carbocycles. The molecule has 1 aromatic rings. The van der Waals surface area contributed by atoms with E-state index in [0.29, 0.717) is 5.56 Å². The Morgan fingerprint density at radius 2 is 2.00 bits per heavy atom. The molecule has 0 aliphatic rings. The van der Waals surface area contributed by atoms with E-state index in [-0.39, 0.29) is 18.4 Å². The summed E-state index contributed by atoms with van der Waals surface area (Å²) < 4.78 is 13.2. The Hall–Kier alpha value is -2.44. The van der Waals surface area contributed by atoms with E-state index in [2.05, 4.69) is 5.32 Å². The predicted molar refractivity (Wildman–Crippen MR) is 68.5 cm³/mol. The molecule has 4 N–H and O–H groups in total. The third-order valence-corrected chi connectivity index (χ3v) is 2.59. The molecule has 0 bridgehead atoms. The molecule has 0 heterocycles. The molecule has 0 aromatic heterocycles. The van der Waals surface area contributed by atoms with Gasteiger partial charge in [-0.05, 0) is 37.1 Å². The second-order valence-corrected chi connectivity index (χ2v) is 4.39. The van der Waals surface area contributed by atoms with E-state index in [1.165, 1.54) is 12.1 Å². The Balaban J connectivity index is 2.79. The molecule has 6 nitrogen and oxygen atoms in total. The zero-order valence-corrected chi connectivity index (χ0v) is 10.9. The van der Waals surface area contributed by atoms with Gasteiger partial charge in [0.25, 0.3) is 5.91 Å². The van der Waals surface area contributed by atoms with Crippen LogP contribution in [0.5, 0.6) is 0 Å². The molecule has 1 rings (SSSR count). The molecule has 20 heavy (non-hydrogen) atoms. The fraction of sp³-hybridized carbons (Fsp3) is 0.308. The van der Waals surface area contributed by atoms with Crippen LogP contribution in [0.3, 0.4) is 0 Å². The lowest BCUT2D eigenvalue weighted by molar-refractivity contribution is -0.139. The summed E-state index contributed by atoms with van der Waals surface area (Å²) in [6, 6.07) is 2.44.